The van der Waals surface area contributed by atoms with Crippen LogP contribution in [-0.4, -0.2) is 6.21 Å². The van der Waals surface area contributed by atoms with Crippen LogP contribution in [0.25, 0.3) is 5.57 Å². The van der Waals surface area contributed by atoms with E-state index in [4.69, 9.17) is 0 Å². The van der Waals surface area contributed by atoms with E-state index in [1.807, 2.05) is 6.21 Å². The summed E-state index contributed by atoms with van der Waals surface area (Å²) in [5.74, 6) is 0. The van der Waals surface area contributed by atoms with E-state index in [1.165, 1.54) is 16.7 Å². The Morgan fingerprint density at radius 2 is 1.93 bits per heavy atom. The minimum absolute atomic E-state index is 0.983. The van der Waals surface area contributed by atoms with Gasteiger partial charge in [0.15, 0.2) is 0 Å². The third-order valence-corrected chi connectivity index (χ3v) is 2.73. The maximum Gasteiger partial charge on any atom is 0.0410 e. The number of hydrogen-bond donors (Lipinski definition) is 0. The van der Waals surface area contributed by atoms with Gasteiger partial charge in [-0.1, -0.05) is 31.2 Å². The number of allylic oxidation sites excluding steroid dienone is 2. The van der Waals surface area contributed by atoms with Gasteiger partial charge in [-0.15, -0.1) is 0 Å². The van der Waals surface area contributed by atoms with E-state index in [2.05, 4.69) is 43.1 Å². The predicted octanol–water partition coefficient (Wildman–Crippen LogP) is 3.45. The SMILES string of the molecule is CCc1ccc(C2=C(C)N=CC2)cc1. The third kappa shape index (κ3) is 1.63. The van der Waals surface area contributed by atoms with Gasteiger partial charge in [0, 0.05) is 18.3 Å². The molecule has 1 aromatic rings. The first-order valence-electron chi connectivity index (χ1n) is 5.13. The lowest BCUT2D eigenvalue weighted by Gasteiger charge is -2.04. The number of hydrogen-bond acceptors (Lipinski definition) is 1. The zero-order valence-corrected chi connectivity index (χ0v) is 8.75. The molecule has 1 aliphatic heterocycles. The number of aryl methyl sites for hydroxylation is 1. The molecule has 0 radical (unpaired) electrons. The van der Waals surface area contributed by atoms with Gasteiger partial charge in [-0.3, -0.25) is 4.99 Å². The average molecular weight is 185 g/mol. The second kappa shape index (κ2) is 3.79. The second-order valence-corrected chi connectivity index (χ2v) is 3.63. The molecule has 0 aromatic heterocycles. The van der Waals surface area contributed by atoms with Crippen LogP contribution in [0.1, 0.15) is 31.4 Å². The molecule has 1 aromatic carbocycles. The first-order chi connectivity index (χ1) is 6.81. The van der Waals surface area contributed by atoms with Crippen molar-refractivity contribution >= 4 is 11.8 Å². The molecule has 0 aliphatic carbocycles. The maximum absolute atomic E-state index is 4.29. The van der Waals surface area contributed by atoms with Gasteiger partial charge in [0.2, 0.25) is 0 Å². The number of aliphatic imine (C=N–C) groups is 1. The Labute approximate surface area is 85.2 Å². The summed E-state index contributed by atoms with van der Waals surface area (Å²) < 4.78 is 0. The molecular formula is C13H15N. The summed E-state index contributed by atoms with van der Waals surface area (Å²) in [7, 11) is 0. The quantitative estimate of drug-likeness (QED) is 0.669. The molecule has 0 bridgehead atoms. The number of benzene rings is 1. The molecule has 1 heterocycles. The molecule has 0 amide bonds. The van der Waals surface area contributed by atoms with Crippen molar-refractivity contribution in [3.8, 4) is 0 Å². The van der Waals surface area contributed by atoms with Gasteiger partial charge in [-0.2, -0.15) is 0 Å². The second-order valence-electron chi connectivity index (χ2n) is 3.63. The van der Waals surface area contributed by atoms with Gasteiger partial charge < -0.3 is 0 Å². The molecular weight excluding hydrogens is 170 g/mol. The normalized spacial score (nSPS) is 15.3. The van der Waals surface area contributed by atoms with Gasteiger partial charge in [-0.25, -0.2) is 0 Å². The monoisotopic (exact) mass is 185 g/mol. The van der Waals surface area contributed by atoms with Crippen LogP contribution in [0.2, 0.25) is 0 Å². The standard InChI is InChI=1S/C13H15N/c1-3-11-4-6-12(7-5-11)13-8-9-14-10(13)2/h4-7,9H,3,8H2,1-2H3. The highest BCUT2D eigenvalue weighted by molar-refractivity contribution is 5.86. The fourth-order valence-electron chi connectivity index (χ4n) is 1.77. The van der Waals surface area contributed by atoms with E-state index in [-0.39, 0.29) is 0 Å². The molecule has 1 heteroatoms. The first-order valence-corrected chi connectivity index (χ1v) is 5.13. The van der Waals surface area contributed by atoms with Crippen molar-refractivity contribution in [1.82, 2.24) is 0 Å². The Hall–Kier alpha value is -1.37. The molecule has 0 N–H and O–H groups in total. The summed E-state index contributed by atoms with van der Waals surface area (Å²) in [5.41, 5.74) is 5.24. The Bertz CT molecular complexity index is 382. The lowest BCUT2D eigenvalue weighted by molar-refractivity contribution is 1.14. The number of rotatable bonds is 2. The molecule has 2 rings (SSSR count). The molecule has 72 valence electrons. The number of nitrogens with zero attached hydrogens (tertiary/aromatic N) is 1. The largest absolute Gasteiger partial charge is 0.265 e. The van der Waals surface area contributed by atoms with Crippen molar-refractivity contribution < 1.29 is 0 Å². The van der Waals surface area contributed by atoms with Crippen molar-refractivity contribution in [3.05, 3.63) is 41.1 Å². The minimum atomic E-state index is 0.983. The summed E-state index contributed by atoms with van der Waals surface area (Å²) >= 11 is 0. The zero-order chi connectivity index (χ0) is 9.97. The zero-order valence-electron chi connectivity index (χ0n) is 8.75. The first kappa shape index (κ1) is 9.20. The van der Waals surface area contributed by atoms with Crippen LogP contribution in [0, 0.1) is 0 Å². The molecule has 0 saturated heterocycles. The third-order valence-electron chi connectivity index (χ3n) is 2.73. The van der Waals surface area contributed by atoms with Gasteiger partial charge in [0.25, 0.3) is 0 Å². The van der Waals surface area contributed by atoms with Crippen LogP contribution < -0.4 is 0 Å². The lowest BCUT2D eigenvalue weighted by atomic mass is 10.0. The Morgan fingerprint density at radius 3 is 2.43 bits per heavy atom. The Kier molecular flexibility index (Phi) is 2.49. The Morgan fingerprint density at radius 1 is 1.21 bits per heavy atom. The van der Waals surface area contributed by atoms with E-state index in [1.54, 1.807) is 0 Å². The smallest absolute Gasteiger partial charge is 0.0410 e. The molecule has 14 heavy (non-hydrogen) atoms. The van der Waals surface area contributed by atoms with Gasteiger partial charge in [0.05, 0.1) is 0 Å². The highest BCUT2D eigenvalue weighted by Gasteiger charge is 2.08. The van der Waals surface area contributed by atoms with Crippen molar-refractivity contribution in [1.29, 1.82) is 0 Å². The van der Waals surface area contributed by atoms with Crippen LogP contribution in [0.15, 0.2) is 35.0 Å². The molecule has 0 unspecified atom stereocenters. The molecule has 0 atom stereocenters. The van der Waals surface area contributed by atoms with Crippen LogP contribution in [0.5, 0.6) is 0 Å². The van der Waals surface area contributed by atoms with E-state index in [0.29, 0.717) is 0 Å². The van der Waals surface area contributed by atoms with Crippen molar-refractivity contribution in [2.24, 2.45) is 4.99 Å². The summed E-state index contributed by atoms with van der Waals surface area (Å²) in [5, 5.41) is 0. The highest BCUT2D eigenvalue weighted by atomic mass is 14.7. The lowest BCUT2D eigenvalue weighted by Crippen LogP contribution is -1.86. The summed E-state index contributed by atoms with van der Waals surface area (Å²) in [6.07, 6.45) is 4.07. The summed E-state index contributed by atoms with van der Waals surface area (Å²) in [4.78, 5) is 4.29. The fraction of sp³-hybridized carbons (Fsp3) is 0.308. The molecule has 0 saturated carbocycles. The van der Waals surface area contributed by atoms with E-state index >= 15 is 0 Å². The van der Waals surface area contributed by atoms with Crippen LogP contribution in [0.3, 0.4) is 0 Å². The fourth-order valence-corrected chi connectivity index (χ4v) is 1.77. The van der Waals surface area contributed by atoms with Gasteiger partial charge in [0.1, 0.15) is 0 Å². The van der Waals surface area contributed by atoms with Gasteiger partial charge in [-0.05, 0) is 30.0 Å². The maximum atomic E-state index is 4.29. The molecule has 1 nitrogen and oxygen atoms in total. The minimum Gasteiger partial charge on any atom is -0.265 e. The molecule has 0 spiro atoms. The van der Waals surface area contributed by atoms with Crippen molar-refractivity contribution in [2.45, 2.75) is 26.7 Å². The molecule has 0 fully saturated rings. The van der Waals surface area contributed by atoms with Crippen molar-refractivity contribution in [3.63, 3.8) is 0 Å². The van der Waals surface area contributed by atoms with Crippen LogP contribution in [-0.2, 0) is 6.42 Å². The Balaban J connectivity index is 2.30. The van der Waals surface area contributed by atoms with E-state index in [9.17, 15) is 0 Å². The summed E-state index contributed by atoms with van der Waals surface area (Å²) in [6, 6.07) is 8.81. The predicted molar refractivity (Wildman–Crippen MR) is 61.5 cm³/mol. The van der Waals surface area contributed by atoms with Crippen LogP contribution >= 0.6 is 0 Å². The van der Waals surface area contributed by atoms with Crippen molar-refractivity contribution in [2.75, 3.05) is 0 Å². The summed E-state index contributed by atoms with van der Waals surface area (Å²) in [6.45, 7) is 4.25. The van der Waals surface area contributed by atoms with E-state index < -0.39 is 0 Å². The topological polar surface area (TPSA) is 12.4 Å². The van der Waals surface area contributed by atoms with Gasteiger partial charge >= 0.3 is 0 Å². The molecule has 1 aliphatic rings. The van der Waals surface area contributed by atoms with E-state index in [0.717, 1.165) is 18.5 Å². The average Bonchev–Trinajstić information content (AvgIpc) is 2.65. The van der Waals surface area contributed by atoms with Crippen LogP contribution in [0.4, 0.5) is 0 Å². The highest BCUT2D eigenvalue weighted by Crippen LogP contribution is 2.26.